The first-order valence-electron chi connectivity index (χ1n) is 11.2. The van der Waals surface area contributed by atoms with Crippen LogP contribution in [0, 0.1) is 0 Å². The lowest BCUT2D eigenvalue weighted by Gasteiger charge is -2.27. The zero-order valence-corrected chi connectivity index (χ0v) is 19.3. The van der Waals surface area contributed by atoms with E-state index in [1.165, 1.54) is 35.9 Å². The Bertz CT molecular complexity index is 1370. The summed E-state index contributed by atoms with van der Waals surface area (Å²) in [7, 11) is 0. The Morgan fingerprint density at radius 1 is 1.08 bits per heavy atom. The third-order valence-corrected chi connectivity index (χ3v) is 5.83. The predicted octanol–water partition coefficient (Wildman–Crippen LogP) is 2.87. The van der Waals surface area contributed by atoms with Gasteiger partial charge in [-0.25, -0.2) is 0 Å². The fourth-order valence-corrected chi connectivity index (χ4v) is 3.97. The molecule has 0 aliphatic carbocycles. The van der Waals surface area contributed by atoms with Crippen molar-refractivity contribution in [1.82, 2.24) is 15.2 Å². The summed E-state index contributed by atoms with van der Waals surface area (Å²) in [6, 6.07) is 11.7. The van der Waals surface area contributed by atoms with E-state index in [1.807, 2.05) is 0 Å². The number of carbonyl (C=O) groups excluding carboxylic acids is 2. The average molecular weight is 499 g/mol. The second kappa shape index (κ2) is 9.86. The highest BCUT2D eigenvalue weighted by molar-refractivity contribution is 5.96. The van der Waals surface area contributed by atoms with E-state index in [0.717, 1.165) is 12.1 Å². The molecular formula is C25H24F3N5O3. The fraction of sp³-hybridized carbons (Fsp3) is 0.240. The van der Waals surface area contributed by atoms with Crippen LogP contribution in [-0.2, 0) is 11.0 Å². The summed E-state index contributed by atoms with van der Waals surface area (Å²) < 4.78 is 40.7. The van der Waals surface area contributed by atoms with Gasteiger partial charge in [-0.05, 0) is 55.0 Å². The van der Waals surface area contributed by atoms with Crippen molar-refractivity contribution in [2.75, 3.05) is 30.3 Å². The molecule has 8 nitrogen and oxygen atoms in total. The number of rotatable bonds is 5. The Labute approximate surface area is 204 Å². The van der Waals surface area contributed by atoms with E-state index < -0.39 is 29.2 Å². The first-order valence-corrected chi connectivity index (χ1v) is 11.2. The van der Waals surface area contributed by atoms with Crippen LogP contribution in [0.15, 0.2) is 65.6 Å². The van der Waals surface area contributed by atoms with E-state index in [9.17, 15) is 27.6 Å². The maximum atomic E-state index is 13.2. The summed E-state index contributed by atoms with van der Waals surface area (Å²) in [5, 5.41) is 5.65. The molecule has 2 aromatic carbocycles. The van der Waals surface area contributed by atoms with Gasteiger partial charge in [-0.3, -0.25) is 19.0 Å². The van der Waals surface area contributed by atoms with E-state index in [1.54, 1.807) is 29.2 Å². The summed E-state index contributed by atoms with van der Waals surface area (Å²) in [4.78, 5) is 39.3. The number of piperazine rings is 1. The third kappa shape index (κ3) is 5.41. The van der Waals surface area contributed by atoms with Gasteiger partial charge in [0.25, 0.3) is 11.5 Å². The molecular weight excluding hydrogens is 475 g/mol. The van der Waals surface area contributed by atoms with Crippen LogP contribution in [0.4, 0.5) is 24.5 Å². The molecule has 36 heavy (non-hydrogen) atoms. The molecule has 4 N–H and O–H groups in total. The van der Waals surface area contributed by atoms with Gasteiger partial charge in [0, 0.05) is 36.7 Å². The maximum Gasteiger partial charge on any atom is 0.416 e. The number of halogens is 3. The van der Waals surface area contributed by atoms with Crippen molar-refractivity contribution < 1.29 is 22.8 Å². The molecule has 0 bridgehead atoms. The van der Waals surface area contributed by atoms with E-state index in [-0.39, 0.29) is 29.3 Å². The maximum absolute atomic E-state index is 13.2. The lowest BCUT2D eigenvalue weighted by molar-refractivity contribution is -0.137. The highest BCUT2D eigenvalue weighted by atomic mass is 19.4. The fourth-order valence-electron chi connectivity index (χ4n) is 3.97. The molecule has 1 aliphatic rings. The molecule has 4 rings (SSSR count). The molecule has 0 spiro atoms. The monoisotopic (exact) mass is 499 g/mol. The van der Waals surface area contributed by atoms with E-state index in [4.69, 9.17) is 5.73 Å². The minimum Gasteiger partial charge on any atom is -0.399 e. The molecule has 1 aromatic heterocycles. The SMILES string of the molecule is CC(NC(=O)c1ccc(=O)n(-c2cccc(N3CCNCC3=O)c2)c1)c1cc(N)cc(C(F)(F)F)c1. The van der Waals surface area contributed by atoms with Gasteiger partial charge in [0.05, 0.1) is 29.4 Å². The zero-order chi connectivity index (χ0) is 26.0. The quantitative estimate of drug-likeness (QED) is 0.468. The molecule has 0 radical (unpaired) electrons. The number of hydrogen-bond donors (Lipinski definition) is 3. The number of anilines is 2. The number of nitrogens with one attached hydrogen (secondary N) is 2. The highest BCUT2D eigenvalue weighted by Gasteiger charge is 2.31. The van der Waals surface area contributed by atoms with Crippen LogP contribution in [0.2, 0.25) is 0 Å². The summed E-state index contributed by atoms with van der Waals surface area (Å²) in [6.07, 6.45) is -3.23. The largest absolute Gasteiger partial charge is 0.416 e. The van der Waals surface area contributed by atoms with Crippen molar-refractivity contribution in [2.24, 2.45) is 0 Å². The summed E-state index contributed by atoms with van der Waals surface area (Å²) in [5.41, 5.74) is 5.66. The van der Waals surface area contributed by atoms with E-state index >= 15 is 0 Å². The lowest BCUT2D eigenvalue weighted by Crippen LogP contribution is -2.48. The van der Waals surface area contributed by atoms with Crippen LogP contribution >= 0.6 is 0 Å². The zero-order valence-electron chi connectivity index (χ0n) is 19.3. The minimum atomic E-state index is -4.58. The Morgan fingerprint density at radius 3 is 2.56 bits per heavy atom. The van der Waals surface area contributed by atoms with Crippen molar-refractivity contribution in [1.29, 1.82) is 0 Å². The van der Waals surface area contributed by atoms with Crippen LogP contribution in [0.5, 0.6) is 0 Å². The number of pyridine rings is 1. The summed E-state index contributed by atoms with van der Waals surface area (Å²) >= 11 is 0. The number of amides is 2. The van der Waals surface area contributed by atoms with Gasteiger partial charge in [-0.15, -0.1) is 0 Å². The molecule has 11 heteroatoms. The van der Waals surface area contributed by atoms with Crippen LogP contribution in [-0.4, -0.2) is 36.0 Å². The molecule has 3 aromatic rings. The van der Waals surface area contributed by atoms with Crippen molar-refractivity contribution >= 4 is 23.2 Å². The van der Waals surface area contributed by atoms with Crippen molar-refractivity contribution in [2.45, 2.75) is 19.1 Å². The van der Waals surface area contributed by atoms with Crippen molar-refractivity contribution in [3.8, 4) is 5.69 Å². The molecule has 1 unspecified atom stereocenters. The van der Waals surface area contributed by atoms with Gasteiger partial charge in [0.2, 0.25) is 5.91 Å². The topological polar surface area (TPSA) is 109 Å². The van der Waals surface area contributed by atoms with Gasteiger partial charge in [-0.1, -0.05) is 6.07 Å². The molecule has 2 amide bonds. The smallest absolute Gasteiger partial charge is 0.399 e. The number of nitrogen functional groups attached to an aromatic ring is 1. The average Bonchev–Trinajstić information content (AvgIpc) is 2.83. The molecule has 0 saturated carbocycles. The summed E-state index contributed by atoms with van der Waals surface area (Å²) in [5.74, 6) is -0.677. The molecule has 188 valence electrons. The second-order valence-electron chi connectivity index (χ2n) is 8.45. The number of nitrogens with two attached hydrogens (primary N) is 1. The van der Waals surface area contributed by atoms with Gasteiger partial charge >= 0.3 is 6.18 Å². The van der Waals surface area contributed by atoms with E-state index in [0.29, 0.717) is 24.5 Å². The Hall–Kier alpha value is -4.12. The number of benzene rings is 2. The normalized spacial score (nSPS) is 15.0. The van der Waals surface area contributed by atoms with E-state index in [2.05, 4.69) is 10.6 Å². The van der Waals surface area contributed by atoms with Gasteiger partial charge in [0.15, 0.2) is 0 Å². The second-order valence-corrected chi connectivity index (χ2v) is 8.45. The number of nitrogens with zero attached hydrogens (tertiary/aromatic N) is 2. The minimum absolute atomic E-state index is 0.0719. The molecule has 1 atom stereocenters. The number of alkyl halides is 3. The lowest BCUT2D eigenvalue weighted by atomic mass is 10.0. The first kappa shape index (κ1) is 25.0. The Morgan fingerprint density at radius 2 is 1.83 bits per heavy atom. The Balaban J connectivity index is 1.58. The van der Waals surface area contributed by atoms with Crippen molar-refractivity contribution in [3.63, 3.8) is 0 Å². The van der Waals surface area contributed by atoms with Crippen molar-refractivity contribution in [3.05, 3.63) is 87.8 Å². The van der Waals surface area contributed by atoms with Gasteiger partial charge in [-0.2, -0.15) is 13.2 Å². The Kier molecular flexibility index (Phi) is 6.84. The predicted molar refractivity (Wildman–Crippen MR) is 129 cm³/mol. The summed E-state index contributed by atoms with van der Waals surface area (Å²) in [6.45, 7) is 2.88. The van der Waals surface area contributed by atoms with Crippen LogP contribution in [0.1, 0.15) is 34.5 Å². The number of hydrogen-bond acceptors (Lipinski definition) is 5. The van der Waals surface area contributed by atoms with Gasteiger partial charge in [0.1, 0.15) is 0 Å². The molecule has 1 aliphatic heterocycles. The third-order valence-electron chi connectivity index (χ3n) is 5.83. The van der Waals surface area contributed by atoms with Crippen LogP contribution < -0.4 is 26.8 Å². The highest BCUT2D eigenvalue weighted by Crippen LogP contribution is 2.32. The molecule has 1 saturated heterocycles. The molecule has 1 fully saturated rings. The number of aromatic nitrogens is 1. The molecule has 2 heterocycles. The first-order chi connectivity index (χ1) is 17.0. The van der Waals surface area contributed by atoms with Crippen LogP contribution in [0.25, 0.3) is 5.69 Å². The van der Waals surface area contributed by atoms with Gasteiger partial charge < -0.3 is 21.3 Å². The number of carbonyl (C=O) groups is 2. The van der Waals surface area contributed by atoms with Crippen LogP contribution in [0.3, 0.4) is 0 Å². The standard InChI is InChI=1S/C25H24F3N5O3/c1-15(17-9-18(25(26,27)28)11-19(29)10-17)31-24(36)16-5-6-22(34)33(14-16)21-4-2-3-20(12-21)32-8-7-30-13-23(32)35/h2-6,9-12,14-15,30H,7-8,13,29H2,1H3,(H,31,36).